The van der Waals surface area contributed by atoms with E-state index in [9.17, 15) is 9.59 Å². The molecule has 2 rings (SSSR count). The van der Waals surface area contributed by atoms with E-state index in [0.717, 1.165) is 11.1 Å². The van der Waals surface area contributed by atoms with Crippen LogP contribution >= 0.6 is 0 Å². The monoisotopic (exact) mass is 429 g/mol. The summed E-state index contributed by atoms with van der Waals surface area (Å²) in [7, 11) is 6.21. The van der Waals surface area contributed by atoms with Crippen LogP contribution in [0.3, 0.4) is 0 Å². The van der Waals surface area contributed by atoms with Crippen molar-refractivity contribution < 1.29 is 33.3 Å². The molecular formula is C23H27NO7. The number of hydrogen-bond acceptors (Lipinski definition) is 7. The summed E-state index contributed by atoms with van der Waals surface area (Å²) in [6, 6.07) is 10.8. The van der Waals surface area contributed by atoms with Crippen molar-refractivity contribution in [3.05, 3.63) is 53.6 Å². The second kappa shape index (κ2) is 12.1. The van der Waals surface area contributed by atoms with Crippen LogP contribution in [0.4, 0.5) is 0 Å². The highest BCUT2D eigenvalue weighted by Gasteiger charge is 2.08. The summed E-state index contributed by atoms with van der Waals surface area (Å²) in [5.74, 6) is 1.40. The minimum Gasteiger partial charge on any atom is -0.493 e. The van der Waals surface area contributed by atoms with Crippen LogP contribution in [0.5, 0.6) is 23.0 Å². The van der Waals surface area contributed by atoms with Gasteiger partial charge in [-0.2, -0.15) is 0 Å². The number of carbonyl (C=O) groups excluding carboxylic acids is 2. The highest BCUT2D eigenvalue weighted by molar-refractivity contribution is 5.89. The molecule has 0 saturated carbocycles. The van der Waals surface area contributed by atoms with Gasteiger partial charge in [0.05, 0.1) is 28.4 Å². The number of amides is 1. The number of benzene rings is 2. The van der Waals surface area contributed by atoms with E-state index in [2.05, 4.69) is 5.32 Å². The van der Waals surface area contributed by atoms with Crippen LogP contribution in [0.15, 0.2) is 42.5 Å². The summed E-state index contributed by atoms with van der Waals surface area (Å²) in [4.78, 5) is 23.8. The molecule has 166 valence electrons. The Hall–Kier alpha value is -3.68. The van der Waals surface area contributed by atoms with E-state index in [1.165, 1.54) is 13.2 Å². The third-order valence-electron chi connectivity index (χ3n) is 4.35. The number of nitrogens with one attached hydrogen (secondary N) is 1. The maximum atomic E-state index is 11.9. The lowest BCUT2D eigenvalue weighted by atomic mass is 10.1. The van der Waals surface area contributed by atoms with Gasteiger partial charge in [0.25, 0.3) is 5.91 Å². The van der Waals surface area contributed by atoms with E-state index in [0.29, 0.717) is 36.0 Å². The summed E-state index contributed by atoms with van der Waals surface area (Å²) in [5, 5.41) is 2.71. The lowest BCUT2D eigenvalue weighted by Crippen LogP contribution is -2.30. The molecule has 31 heavy (non-hydrogen) atoms. The molecular weight excluding hydrogens is 402 g/mol. The van der Waals surface area contributed by atoms with Gasteiger partial charge in [-0.1, -0.05) is 12.1 Å². The summed E-state index contributed by atoms with van der Waals surface area (Å²) in [6.07, 6.45) is 3.41. The van der Waals surface area contributed by atoms with E-state index < -0.39 is 5.97 Å². The third-order valence-corrected chi connectivity index (χ3v) is 4.35. The second-order valence-electron chi connectivity index (χ2n) is 6.34. The average molecular weight is 429 g/mol. The second-order valence-corrected chi connectivity index (χ2v) is 6.34. The van der Waals surface area contributed by atoms with Crippen LogP contribution in [-0.4, -0.2) is 53.5 Å². The molecule has 0 saturated heterocycles. The van der Waals surface area contributed by atoms with Crippen molar-refractivity contribution in [3.8, 4) is 23.0 Å². The van der Waals surface area contributed by atoms with E-state index in [1.54, 1.807) is 45.6 Å². The van der Waals surface area contributed by atoms with Crippen LogP contribution in [0.25, 0.3) is 6.08 Å². The highest BCUT2D eigenvalue weighted by atomic mass is 16.5. The fourth-order valence-electron chi connectivity index (χ4n) is 2.74. The van der Waals surface area contributed by atoms with Crippen molar-refractivity contribution in [3.63, 3.8) is 0 Å². The van der Waals surface area contributed by atoms with Gasteiger partial charge in [-0.25, -0.2) is 4.79 Å². The number of hydrogen-bond donors (Lipinski definition) is 1. The Morgan fingerprint density at radius 1 is 0.839 bits per heavy atom. The van der Waals surface area contributed by atoms with Crippen LogP contribution in [0.1, 0.15) is 11.1 Å². The number of carbonyl (C=O) groups is 2. The van der Waals surface area contributed by atoms with Gasteiger partial charge >= 0.3 is 5.97 Å². The van der Waals surface area contributed by atoms with Gasteiger partial charge in [-0.15, -0.1) is 0 Å². The molecule has 2 aromatic carbocycles. The Kier molecular flexibility index (Phi) is 9.22. The quantitative estimate of drug-likeness (QED) is 0.434. The van der Waals surface area contributed by atoms with Crippen molar-refractivity contribution in [2.24, 2.45) is 0 Å². The van der Waals surface area contributed by atoms with E-state index >= 15 is 0 Å². The molecule has 0 radical (unpaired) electrons. The van der Waals surface area contributed by atoms with E-state index in [-0.39, 0.29) is 12.5 Å². The Bertz CT molecular complexity index is 924. The molecule has 1 amide bonds. The van der Waals surface area contributed by atoms with E-state index in [4.69, 9.17) is 23.7 Å². The van der Waals surface area contributed by atoms with Crippen LogP contribution < -0.4 is 24.3 Å². The molecule has 8 nitrogen and oxygen atoms in total. The molecule has 0 bridgehead atoms. The topological polar surface area (TPSA) is 92.3 Å². The Morgan fingerprint density at radius 2 is 1.45 bits per heavy atom. The Labute approximate surface area is 181 Å². The third kappa shape index (κ3) is 7.26. The van der Waals surface area contributed by atoms with Gasteiger partial charge < -0.3 is 29.0 Å². The molecule has 0 aliphatic carbocycles. The van der Waals surface area contributed by atoms with Gasteiger partial charge in [-0.05, 0) is 47.9 Å². The summed E-state index contributed by atoms with van der Waals surface area (Å²) in [6.45, 7) is 0.0361. The van der Waals surface area contributed by atoms with Crippen molar-refractivity contribution >= 4 is 18.0 Å². The Morgan fingerprint density at radius 3 is 2.10 bits per heavy atom. The number of methoxy groups -OCH3 is 4. The smallest absolute Gasteiger partial charge is 0.331 e. The predicted octanol–water partition coefficient (Wildman–Crippen LogP) is 2.64. The zero-order valence-corrected chi connectivity index (χ0v) is 18.1. The van der Waals surface area contributed by atoms with Crippen molar-refractivity contribution in [2.45, 2.75) is 6.42 Å². The minimum absolute atomic E-state index is 0.360. The lowest BCUT2D eigenvalue weighted by molar-refractivity contribution is -0.143. The highest BCUT2D eigenvalue weighted by Crippen LogP contribution is 2.28. The van der Waals surface area contributed by atoms with Crippen LogP contribution in [-0.2, 0) is 20.7 Å². The maximum Gasteiger partial charge on any atom is 0.331 e. The summed E-state index contributed by atoms with van der Waals surface area (Å²) >= 11 is 0. The molecule has 0 spiro atoms. The number of ether oxygens (including phenoxy) is 5. The first-order chi connectivity index (χ1) is 15.0. The Balaban J connectivity index is 1.76. The molecule has 2 aromatic rings. The summed E-state index contributed by atoms with van der Waals surface area (Å²) < 4.78 is 25.8. The van der Waals surface area contributed by atoms with Crippen molar-refractivity contribution in [1.82, 2.24) is 5.32 Å². The normalized spacial score (nSPS) is 10.5. The van der Waals surface area contributed by atoms with Gasteiger partial charge in [0.1, 0.15) is 0 Å². The van der Waals surface area contributed by atoms with Crippen molar-refractivity contribution in [1.29, 1.82) is 0 Å². The molecule has 0 heterocycles. The molecule has 0 unspecified atom stereocenters. The van der Waals surface area contributed by atoms with Crippen molar-refractivity contribution in [2.75, 3.05) is 41.6 Å². The number of rotatable bonds is 11. The fraction of sp³-hybridized carbons (Fsp3) is 0.304. The fourth-order valence-corrected chi connectivity index (χ4v) is 2.74. The molecule has 8 heteroatoms. The standard InChI is InChI=1S/C23H27NO7/c1-27-18-8-5-16(13-20(18)29-3)7-10-23(26)31-15-22(25)24-12-11-17-6-9-19(28-2)21(14-17)30-4/h5-10,13-14H,11-12,15H2,1-4H3,(H,24,25). The maximum absolute atomic E-state index is 11.9. The lowest BCUT2D eigenvalue weighted by Gasteiger charge is -2.10. The molecule has 0 aromatic heterocycles. The van der Waals surface area contributed by atoms with E-state index in [1.807, 2.05) is 18.2 Å². The van der Waals surface area contributed by atoms with Gasteiger partial charge in [0.2, 0.25) is 0 Å². The van der Waals surface area contributed by atoms with Crippen LogP contribution in [0, 0.1) is 0 Å². The first kappa shape index (κ1) is 23.6. The molecule has 0 aliphatic heterocycles. The SMILES string of the molecule is COc1ccc(C=CC(=O)OCC(=O)NCCc2ccc(OC)c(OC)c2)cc1OC. The zero-order chi connectivity index (χ0) is 22.6. The first-order valence-electron chi connectivity index (χ1n) is 9.55. The largest absolute Gasteiger partial charge is 0.493 e. The zero-order valence-electron chi connectivity index (χ0n) is 18.1. The molecule has 1 N–H and O–H groups in total. The van der Waals surface area contributed by atoms with Gasteiger partial charge in [-0.3, -0.25) is 4.79 Å². The molecule has 0 aliphatic rings. The average Bonchev–Trinajstić information content (AvgIpc) is 2.80. The minimum atomic E-state index is -0.621. The van der Waals surface area contributed by atoms with Gasteiger partial charge in [0.15, 0.2) is 29.6 Å². The number of esters is 1. The van der Waals surface area contributed by atoms with Crippen LogP contribution in [0.2, 0.25) is 0 Å². The first-order valence-corrected chi connectivity index (χ1v) is 9.55. The molecule has 0 atom stereocenters. The van der Waals surface area contributed by atoms with Gasteiger partial charge in [0, 0.05) is 12.6 Å². The summed E-state index contributed by atoms with van der Waals surface area (Å²) in [5.41, 5.74) is 1.71. The molecule has 0 fully saturated rings. The predicted molar refractivity (Wildman–Crippen MR) is 116 cm³/mol.